The molecule has 3 aliphatic carbocycles. The molecule has 1 aliphatic heterocycles. The third-order valence-electron chi connectivity index (χ3n) is 11.1. The van der Waals surface area contributed by atoms with Crippen molar-refractivity contribution in [2.45, 2.75) is 92.3 Å². The molecule has 2 heterocycles. The van der Waals surface area contributed by atoms with Gasteiger partial charge in [0.25, 0.3) is 0 Å². The van der Waals surface area contributed by atoms with Gasteiger partial charge < -0.3 is 18.6 Å². The van der Waals surface area contributed by atoms with Crippen molar-refractivity contribution in [3.63, 3.8) is 0 Å². The number of cyclic esters (lactones) is 1. The van der Waals surface area contributed by atoms with Crippen LogP contribution >= 0.6 is 0 Å². The molecular formula is C32H42O8. The van der Waals surface area contributed by atoms with Crippen LogP contribution in [-0.4, -0.2) is 36.9 Å². The highest BCUT2D eigenvalue weighted by Gasteiger charge is 2.68. The van der Waals surface area contributed by atoms with Crippen molar-refractivity contribution in [2.24, 2.45) is 39.9 Å². The van der Waals surface area contributed by atoms with Crippen LogP contribution in [-0.2, 0) is 33.4 Å². The summed E-state index contributed by atoms with van der Waals surface area (Å²) in [6.07, 6.45) is 4.74. The van der Waals surface area contributed by atoms with E-state index in [1.54, 1.807) is 12.5 Å². The van der Waals surface area contributed by atoms with Crippen molar-refractivity contribution < 1.29 is 37.8 Å². The summed E-state index contributed by atoms with van der Waals surface area (Å²) in [4.78, 5) is 53.4. The van der Waals surface area contributed by atoms with Crippen molar-refractivity contribution in [3.05, 3.63) is 35.3 Å². The Morgan fingerprint density at radius 2 is 1.90 bits per heavy atom. The molecule has 2 bridgehead atoms. The third kappa shape index (κ3) is 4.07. The number of methoxy groups -OCH3 is 1. The number of esters is 3. The Balaban J connectivity index is 1.67. The van der Waals surface area contributed by atoms with Gasteiger partial charge >= 0.3 is 17.9 Å². The van der Waals surface area contributed by atoms with Gasteiger partial charge in [0.1, 0.15) is 18.0 Å². The average Bonchev–Trinajstić information content (AvgIpc) is 3.45. The van der Waals surface area contributed by atoms with E-state index in [-0.39, 0.29) is 48.4 Å². The molecule has 1 aromatic rings. The first-order chi connectivity index (χ1) is 18.8. The van der Waals surface area contributed by atoms with Crippen molar-refractivity contribution in [2.75, 3.05) is 7.11 Å². The van der Waals surface area contributed by atoms with E-state index in [9.17, 15) is 19.2 Å². The molecule has 1 saturated heterocycles. The molecule has 2 saturated carbocycles. The van der Waals surface area contributed by atoms with Gasteiger partial charge in [0.05, 0.1) is 37.9 Å². The van der Waals surface area contributed by atoms with Crippen LogP contribution in [0.4, 0.5) is 0 Å². The minimum atomic E-state index is -0.879. The summed E-state index contributed by atoms with van der Waals surface area (Å²) in [5, 5.41) is 0. The third-order valence-corrected chi connectivity index (χ3v) is 11.1. The van der Waals surface area contributed by atoms with Gasteiger partial charge in [0.2, 0.25) is 0 Å². The summed E-state index contributed by atoms with van der Waals surface area (Å²) < 4.78 is 22.6. The van der Waals surface area contributed by atoms with Crippen LogP contribution in [0.1, 0.15) is 91.7 Å². The van der Waals surface area contributed by atoms with E-state index in [1.165, 1.54) is 7.11 Å². The van der Waals surface area contributed by atoms with Crippen molar-refractivity contribution in [1.29, 1.82) is 0 Å². The van der Waals surface area contributed by atoms with Crippen LogP contribution in [0, 0.1) is 39.9 Å². The van der Waals surface area contributed by atoms with Gasteiger partial charge in [-0.1, -0.05) is 47.1 Å². The second kappa shape index (κ2) is 9.88. The first-order valence-corrected chi connectivity index (χ1v) is 14.6. The second-order valence-corrected chi connectivity index (χ2v) is 13.4. The number of Topliss-reactive ketones (excluding diaryl/α,β-unsaturated/α-hetero) is 1. The van der Waals surface area contributed by atoms with E-state index in [1.807, 2.05) is 40.7 Å². The van der Waals surface area contributed by atoms with Gasteiger partial charge in [0, 0.05) is 28.2 Å². The minimum Gasteiger partial charge on any atom is -0.472 e. The Morgan fingerprint density at radius 1 is 1.18 bits per heavy atom. The smallest absolute Gasteiger partial charge is 0.310 e. The van der Waals surface area contributed by atoms with Gasteiger partial charge in [-0.3, -0.25) is 19.2 Å². The molecule has 40 heavy (non-hydrogen) atoms. The molecule has 0 N–H and O–H groups in total. The topological polar surface area (TPSA) is 109 Å². The molecule has 0 radical (unpaired) electrons. The van der Waals surface area contributed by atoms with Crippen LogP contribution in [0.5, 0.6) is 0 Å². The summed E-state index contributed by atoms with van der Waals surface area (Å²) in [7, 11) is 1.36. The first kappa shape index (κ1) is 28.6. The number of carbonyl (C=O) groups is 4. The van der Waals surface area contributed by atoms with Gasteiger partial charge in [0.15, 0.2) is 0 Å². The SMILES string of the molecule is CC[C@@H](C)C(=O)O[C@@H]1[C@H]2CC3=C4CC(=O)O[C@@H](c5ccoc5)[C@]4(C)CC[C@@H]3[C@@](C)(C2=O)[C@@H](CC(=O)OC)C1(C)C. The minimum absolute atomic E-state index is 0.0467. The lowest BCUT2D eigenvalue weighted by molar-refractivity contribution is -0.200. The molecule has 0 amide bonds. The highest BCUT2D eigenvalue weighted by Crippen LogP contribution is 2.68. The van der Waals surface area contributed by atoms with E-state index in [2.05, 4.69) is 6.92 Å². The highest BCUT2D eigenvalue weighted by molar-refractivity contribution is 5.92. The summed E-state index contributed by atoms with van der Waals surface area (Å²) >= 11 is 0. The molecule has 0 spiro atoms. The molecule has 8 atom stereocenters. The number of ketones is 1. The zero-order valence-electron chi connectivity index (χ0n) is 24.7. The fourth-order valence-electron chi connectivity index (χ4n) is 8.60. The first-order valence-electron chi connectivity index (χ1n) is 14.6. The molecule has 1 aromatic heterocycles. The lowest BCUT2D eigenvalue weighted by Gasteiger charge is -2.63. The molecule has 8 heteroatoms. The molecule has 5 rings (SSSR count). The standard InChI is InChI=1S/C32H42O8/c1-8-17(2)29(36)40-28-20-13-19-21(32(6,26(20)35)23(30(28,3)4)15-24(33)37-7)9-11-31(5)22(19)14-25(34)39-27(31)18-10-12-38-16-18/h10,12,16-17,20-21,23,27-28H,8-9,11,13-15H2,1-7H3/t17-,20+,21+,23+,27+,28-,31-,32-/m1/s1. The lowest BCUT2D eigenvalue weighted by Crippen LogP contribution is -2.66. The number of ether oxygens (including phenoxy) is 3. The van der Waals surface area contributed by atoms with E-state index in [0.29, 0.717) is 12.8 Å². The Hall–Kier alpha value is -2.90. The normalized spacial score (nSPS) is 37.1. The molecule has 218 valence electrons. The molecule has 0 unspecified atom stereocenters. The Labute approximate surface area is 236 Å². The Morgan fingerprint density at radius 3 is 2.52 bits per heavy atom. The van der Waals surface area contributed by atoms with Crippen LogP contribution in [0.3, 0.4) is 0 Å². The number of allylic oxidation sites excluding steroid dienone is 1. The predicted molar refractivity (Wildman–Crippen MR) is 144 cm³/mol. The summed E-state index contributed by atoms with van der Waals surface area (Å²) in [6, 6.07) is 1.84. The number of fused-ring (bicyclic) bond motifs is 5. The number of carbonyl (C=O) groups excluding carboxylic acids is 4. The van der Waals surface area contributed by atoms with Crippen LogP contribution in [0.25, 0.3) is 0 Å². The Kier molecular flexibility index (Phi) is 7.07. The van der Waals surface area contributed by atoms with Crippen molar-refractivity contribution in [3.8, 4) is 0 Å². The van der Waals surface area contributed by atoms with Gasteiger partial charge in [-0.2, -0.15) is 0 Å². The maximum atomic E-state index is 14.5. The maximum absolute atomic E-state index is 14.5. The van der Waals surface area contributed by atoms with Crippen LogP contribution in [0.2, 0.25) is 0 Å². The largest absolute Gasteiger partial charge is 0.472 e. The molecule has 3 fully saturated rings. The second-order valence-electron chi connectivity index (χ2n) is 13.4. The molecule has 8 nitrogen and oxygen atoms in total. The number of hydrogen-bond acceptors (Lipinski definition) is 8. The van der Waals surface area contributed by atoms with Crippen molar-refractivity contribution >= 4 is 23.7 Å². The van der Waals surface area contributed by atoms with E-state index in [0.717, 1.165) is 29.6 Å². The quantitative estimate of drug-likeness (QED) is 0.248. The number of rotatable bonds is 6. The summed E-state index contributed by atoms with van der Waals surface area (Å²) in [5.41, 5.74) is 0.947. The monoisotopic (exact) mass is 554 g/mol. The number of hydrogen-bond donors (Lipinski definition) is 0. The van der Waals surface area contributed by atoms with E-state index < -0.39 is 40.3 Å². The maximum Gasteiger partial charge on any atom is 0.310 e. The fourth-order valence-corrected chi connectivity index (χ4v) is 8.60. The molecular weight excluding hydrogens is 512 g/mol. The van der Waals surface area contributed by atoms with Gasteiger partial charge in [-0.05, 0) is 49.2 Å². The average molecular weight is 555 g/mol. The molecule has 0 aromatic carbocycles. The zero-order valence-corrected chi connectivity index (χ0v) is 24.7. The lowest BCUT2D eigenvalue weighted by atomic mass is 9.40. The van der Waals surface area contributed by atoms with Gasteiger partial charge in [-0.25, -0.2) is 0 Å². The van der Waals surface area contributed by atoms with Crippen molar-refractivity contribution in [1.82, 2.24) is 0 Å². The fraction of sp³-hybridized carbons (Fsp3) is 0.688. The highest BCUT2D eigenvalue weighted by atomic mass is 16.6. The van der Waals surface area contributed by atoms with Crippen LogP contribution < -0.4 is 0 Å². The molecule has 4 aliphatic rings. The predicted octanol–water partition coefficient (Wildman–Crippen LogP) is 5.75. The van der Waals surface area contributed by atoms with Crippen LogP contribution in [0.15, 0.2) is 34.2 Å². The van der Waals surface area contributed by atoms with Gasteiger partial charge in [-0.15, -0.1) is 0 Å². The number of furan rings is 1. The Bertz CT molecular complexity index is 1240. The zero-order chi connectivity index (χ0) is 29.2. The van der Waals surface area contributed by atoms with E-state index in [4.69, 9.17) is 18.6 Å². The summed E-state index contributed by atoms with van der Waals surface area (Å²) in [5.74, 6) is -2.39. The summed E-state index contributed by atoms with van der Waals surface area (Å²) in [6.45, 7) is 11.9. The van der Waals surface area contributed by atoms with E-state index >= 15 is 0 Å².